The van der Waals surface area contributed by atoms with Gasteiger partial charge in [-0.15, -0.1) is 0 Å². The molecule has 0 heterocycles. The molecule has 0 aliphatic rings. The summed E-state index contributed by atoms with van der Waals surface area (Å²) in [5.41, 5.74) is 2.08. The van der Waals surface area contributed by atoms with E-state index in [4.69, 9.17) is 4.74 Å². The van der Waals surface area contributed by atoms with Gasteiger partial charge in [-0.2, -0.15) is 0 Å². The Morgan fingerprint density at radius 2 is 1.43 bits per heavy atom. The number of hydrogen-bond donors (Lipinski definition) is 2. The van der Waals surface area contributed by atoms with Gasteiger partial charge in [-0.05, 0) is 64.1 Å². The summed E-state index contributed by atoms with van der Waals surface area (Å²) in [7, 11) is 0. The lowest BCUT2D eigenvalue weighted by Gasteiger charge is -2.17. The molecule has 2 aromatic carbocycles. The van der Waals surface area contributed by atoms with Crippen molar-refractivity contribution in [3.8, 4) is 11.5 Å². The highest BCUT2D eigenvalue weighted by Crippen LogP contribution is 2.23. The number of amides is 1. The molecule has 0 aliphatic heterocycles. The first kappa shape index (κ1) is 16.9. The van der Waals surface area contributed by atoms with Crippen LogP contribution >= 0.6 is 0 Å². The maximum atomic E-state index is 11.9. The summed E-state index contributed by atoms with van der Waals surface area (Å²) in [6, 6.07) is 15.3. The lowest BCUT2D eigenvalue weighted by Crippen LogP contribution is -2.40. The van der Waals surface area contributed by atoms with Crippen molar-refractivity contribution in [2.24, 2.45) is 0 Å². The van der Waals surface area contributed by atoms with Crippen LogP contribution in [-0.2, 0) is 4.79 Å². The van der Waals surface area contributed by atoms with Gasteiger partial charge in [0.25, 0.3) is 0 Å². The van der Waals surface area contributed by atoms with Crippen LogP contribution in [0.3, 0.4) is 0 Å². The number of hydrogen-bond acceptors (Lipinski definition) is 3. The third-order valence-corrected chi connectivity index (χ3v) is 3.32. The second kappa shape index (κ2) is 7.68. The van der Waals surface area contributed by atoms with E-state index in [9.17, 15) is 4.79 Å². The summed E-state index contributed by atoms with van der Waals surface area (Å²) in [5.74, 6) is 1.56. The highest BCUT2D eigenvalue weighted by molar-refractivity contribution is 5.84. The van der Waals surface area contributed by atoms with Crippen molar-refractivity contribution in [2.45, 2.75) is 39.8 Å². The molecular formula is C19H24N2O2. The van der Waals surface area contributed by atoms with Gasteiger partial charge in [0.1, 0.15) is 17.5 Å². The average molecular weight is 312 g/mol. The maximum absolute atomic E-state index is 11.9. The van der Waals surface area contributed by atoms with Gasteiger partial charge in [0, 0.05) is 11.7 Å². The van der Waals surface area contributed by atoms with Gasteiger partial charge in [-0.1, -0.05) is 17.7 Å². The Hall–Kier alpha value is -2.49. The second-order valence-corrected chi connectivity index (χ2v) is 5.97. The molecule has 0 bridgehead atoms. The Bertz CT molecular complexity index is 633. The minimum atomic E-state index is -0.290. The largest absolute Gasteiger partial charge is 0.457 e. The molecule has 2 N–H and O–H groups in total. The van der Waals surface area contributed by atoms with E-state index in [-0.39, 0.29) is 18.0 Å². The molecule has 1 amide bonds. The molecule has 0 aliphatic carbocycles. The number of rotatable bonds is 6. The fourth-order valence-corrected chi connectivity index (χ4v) is 2.09. The highest BCUT2D eigenvalue weighted by atomic mass is 16.5. The number of nitrogens with one attached hydrogen (secondary N) is 2. The molecule has 23 heavy (non-hydrogen) atoms. The zero-order chi connectivity index (χ0) is 16.8. The van der Waals surface area contributed by atoms with Crippen molar-refractivity contribution in [1.29, 1.82) is 0 Å². The summed E-state index contributed by atoms with van der Waals surface area (Å²) < 4.78 is 5.79. The van der Waals surface area contributed by atoms with E-state index < -0.39 is 0 Å². The Morgan fingerprint density at radius 3 is 1.96 bits per heavy atom. The highest BCUT2D eigenvalue weighted by Gasteiger charge is 2.13. The van der Waals surface area contributed by atoms with Crippen LogP contribution in [-0.4, -0.2) is 18.0 Å². The fourth-order valence-electron chi connectivity index (χ4n) is 2.09. The van der Waals surface area contributed by atoms with Crippen LogP contribution in [0.25, 0.3) is 0 Å². The Balaban J connectivity index is 1.94. The molecule has 4 nitrogen and oxygen atoms in total. The van der Waals surface area contributed by atoms with Crippen molar-refractivity contribution >= 4 is 11.6 Å². The van der Waals surface area contributed by atoms with Crippen LogP contribution in [0.5, 0.6) is 11.5 Å². The zero-order valence-electron chi connectivity index (χ0n) is 14.1. The first-order valence-corrected chi connectivity index (χ1v) is 7.85. The van der Waals surface area contributed by atoms with Crippen molar-refractivity contribution in [3.63, 3.8) is 0 Å². The molecule has 0 radical (unpaired) electrons. The molecule has 2 aromatic rings. The number of ether oxygens (including phenoxy) is 1. The van der Waals surface area contributed by atoms with E-state index in [0.717, 1.165) is 17.2 Å². The molecule has 122 valence electrons. The van der Waals surface area contributed by atoms with Crippen molar-refractivity contribution in [3.05, 3.63) is 54.1 Å². The lowest BCUT2D eigenvalue weighted by atomic mass is 10.2. The van der Waals surface area contributed by atoms with E-state index in [1.165, 1.54) is 5.56 Å². The predicted molar refractivity (Wildman–Crippen MR) is 94.1 cm³/mol. The van der Waals surface area contributed by atoms with Gasteiger partial charge in [-0.3, -0.25) is 4.79 Å². The van der Waals surface area contributed by atoms with Crippen LogP contribution in [0.15, 0.2) is 48.5 Å². The molecule has 0 aromatic heterocycles. The van der Waals surface area contributed by atoms with E-state index in [1.807, 2.05) is 76.2 Å². The summed E-state index contributed by atoms with van der Waals surface area (Å²) >= 11 is 0. The SMILES string of the molecule is Cc1ccc(Oc2ccc(N[C@@H](C)C(=O)NC(C)C)cc2)cc1. The van der Waals surface area contributed by atoms with Crippen molar-refractivity contribution in [2.75, 3.05) is 5.32 Å². The number of carbonyl (C=O) groups excluding carboxylic acids is 1. The van der Waals surface area contributed by atoms with Crippen LogP contribution in [0, 0.1) is 6.92 Å². The molecule has 4 heteroatoms. The number of carbonyl (C=O) groups is 1. The van der Waals surface area contributed by atoms with Crippen molar-refractivity contribution < 1.29 is 9.53 Å². The van der Waals surface area contributed by atoms with Gasteiger partial charge in [-0.25, -0.2) is 0 Å². The van der Waals surface area contributed by atoms with Crippen LogP contribution < -0.4 is 15.4 Å². The van der Waals surface area contributed by atoms with E-state index in [0.29, 0.717) is 0 Å². The van der Waals surface area contributed by atoms with Crippen LogP contribution in [0.2, 0.25) is 0 Å². The van der Waals surface area contributed by atoms with Crippen LogP contribution in [0.1, 0.15) is 26.3 Å². The van der Waals surface area contributed by atoms with Crippen LogP contribution in [0.4, 0.5) is 5.69 Å². The Morgan fingerprint density at radius 1 is 0.913 bits per heavy atom. The monoisotopic (exact) mass is 312 g/mol. The number of benzene rings is 2. The normalized spacial score (nSPS) is 11.9. The van der Waals surface area contributed by atoms with E-state index >= 15 is 0 Å². The smallest absolute Gasteiger partial charge is 0.242 e. The third-order valence-electron chi connectivity index (χ3n) is 3.32. The standard InChI is InChI=1S/C19H24N2O2/c1-13(2)20-19(22)15(4)21-16-7-11-18(12-8-16)23-17-9-5-14(3)6-10-17/h5-13,15,21H,1-4H3,(H,20,22)/t15-/m0/s1. The zero-order valence-corrected chi connectivity index (χ0v) is 14.1. The summed E-state index contributed by atoms with van der Waals surface area (Å²) in [5, 5.41) is 6.06. The van der Waals surface area contributed by atoms with E-state index in [2.05, 4.69) is 10.6 Å². The first-order chi connectivity index (χ1) is 10.9. The maximum Gasteiger partial charge on any atom is 0.242 e. The molecular weight excluding hydrogens is 288 g/mol. The third kappa shape index (κ3) is 5.33. The first-order valence-electron chi connectivity index (χ1n) is 7.85. The van der Waals surface area contributed by atoms with Gasteiger partial charge in [0.15, 0.2) is 0 Å². The summed E-state index contributed by atoms with van der Waals surface area (Å²) in [4.78, 5) is 11.9. The molecule has 0 saturated heterocycles. The quantitative estimate of drug-likeness (QED) is 0.844. The predicted octanol–water partition coefficient (Wildman–Crippen LogP) is 4.11. The topological polar surface area (TPSA) is 50.4 Å². The lowest BCUT2D eigenvalue weighted by molar-refractivity contribution is -0.122. The van der Waals surface area contributed by atoms with Gasteiger partial charge < -0.3 is 15.4 Å². The van der Waals surface area contributed by atoms with Gasteiger partial charge in [0.05, 0.1) is 0 Å². The van der Waals surface area contributed by atoms with E-state index in [1.54, 1.807) is 0 Å². The molecule has 0 fully saturated rings. The average Bonchev–Trinajstić information content (AvgIpc) is 2.51. The molecule has 0 unspecified atom stereocenters. The second-order valence-electron chi connectivity index (χ2n) is 5.97. The van der Waals surface area contributed by atoms with Gasteiger partial charge in [0.2, 0.25) is 5.91 Å². The van der Waals surface area contributed by atoms with Crippen molar-refractivity contribution in [1.82, 2.24) is 5.32 Å². The minimum absolute atomic E-state index is 0.0139. The minimum Gasteiger partial charge on any atom is -0.457 e. The number of aryl methyl sites for hydroxylation is 1. The van der Waals surface area contributed by atoms with Gasteiger partial charge >= 0.3 is 0 Å². The molecule has 1 atom stereocenters. The molecule has 2 rings (SSSR count). The molecule has 0 spiro atoms. The summed E-state index contributed by atoms with van der Waals surface area (Å²) in [6.45, 7) is 7.78. The summed E-state index contributed by atoms with van der Waals surface area (Å²) in [6.07, 6.45) is 0. The Labute approximate surface area is 137 Å². The number of anilines is 1. The fraction of sp³-hybridized carbons (Fsp3) is 0.316. The molecule has 0 saturated carbocycles. The Kier molecular flexibility index (Phi) is 5.63.